The van der Waals surface area contributed by atoms with Gasteiger partial charge in [0.2, 0.25) is 0 Å². The summed E-state index contributed by atoms with van der Waals surface area (Å²) in [7, 11) is 0. The smallest absolute Gasteiger partial charge is 0.270 e. The van der Waals surface area contributed by atoms with E-state index in [2.05, 4.69) is 34.0 Å². The van der Waals surface area contributed by atoms with E-state index in [9.17, 15) is 4.79 Å². The lowest BCUT2D eigenvalue weighted by molar-refractivity contribution is 0.0945. The Bertz CT molecular complexity index is 714. The normalized spacial score (nSPS) is 17.4. The Balaban J connectivity index is 1.67. The number of nitrogens with zero attached hydrogens (tertiary/aromatic N) is 3. The van der Waals surface area contributed by atoms with Gasteiger partial charge in [-0.05, 0) is 38.2 Å². The van der Waals surface area contributed by atoms with E-state index in [0.29, 0.717) is 18.3 Å². The number of amides is 1. The quantitative estimate of drug-likeness (QED) is 0.907. The van der Waals surface area contributed by atoms with Crippen LogP contribution in [0.1, 0.15) is 54.2 Å². The Morgan fingerprint density at radius 3 is 2.80 bits per heavy atom. The Morgan fingerprint density at radius 1 is 1.24 bits per heavy atom. The zero-order valence-electron chi connectivity index (χ0n) is 15.0. The molecule has 0 spiro atoms. The highest BCUT2D eigenvalue weighted by molar-refractivity contribution is 5.92. The van der Waals surface area contributed by atoms with Gasteiger partial charge in [0.1, 0.15) is 17.8 Å². The molecule has 2 aromatic rings. The van der Waals surface area contributed by atoms with Gasteiger partial charge >= 0.3 is 0 Å². The molecular weight excluding hydrogens is 312 g/mol. The minimum absolute atomic E-state index is 0.158. The molecule has 1 unspecified atom stereocenters. The number of carbonyl (C=O) groups is 1. The van der Waals surface area contributed by atoms with Crippen LogP contribution in [0.15, 0.2) is 36.7 Å². The predicted octanol–water partition coefficient (Wildman–Crippen LogP) is 3.48. The van der Waals surface area contributed by atoms with Gasteiger partial charge in [0.25, 0.3) is 5.91 Å². The van der Waals surface area contributed by atoms with Crippen molar-refractivity contribution in [1.82, 2.24) is 15.3 Å². The molecular formula is C20H26N4O. The highest BCUT2D eigenvalue weighted by atomic mass is 16.1. The van der Waals surface area contributed by atoms with Crippen LogP contribution in [0.4, 0.5) is 5.82 Å². The van der Waals surface area contributed by atoms with E-state index in [4.69, 9.17) is 0 Å². The first-order valence-electron chi connectivity index (χ1n) is 9.10. The molecule has 1 amide bonds. The molecule has 0 bridgehead atoms. The molecule has 0 radical (unpaired) electrons. The summed E-state index contributed by atoms with van der Waals surface area (Å²) in [5.41, 5.74) is 2.72. The van der Waals surface area contributed by atoms with Crippen LogP contribution in [0.25, 0.3) is 0 Å². The van der Waals surface area contributed by atoms with Gasteiger partial charge in [-0.2, -0.15) is 0 Å². The van der Waals surface area contributed by atoms with Crippen molar-refractivity contribution in [3.63, 3.8) is 0 Å². The first-order valence-corrected chi connectivity index (χ1v) is 9.10. The summed E-state index contributed by atoms with van der Waals surface area (Å²) >= 11 is 0. The number of anilines is 1. The molecule has 3 rings (SSSR count). The van der Waals surface area contributed by atoms with Crippen LogP contribution < -0.4 is 10.2 Å². The number of nitrogens with one attached hydrogen (secondary N) is 1. The maximum atomic E-state index is 12.5. The molecule has 1 aliphatic rings. The lowest BCUT2D eigenvalue weighted by atomic mass is 10.00. The summed E-state index contributed by atoms with van der Waals surface area (Å²) in [6.07, 6.45) is 6.23. The van der Waals surface area contributed by atoms with E-state index in [-0.39, 0.29) is 5.91 Å². The van der Waals surface area contributed by atoms with Crippen molar-refractivity contribution in [2.24, 2.45) is 0 Å². The highest BCUT2D eigenvalue weighted by Crippen LogP contribution is 2.24. The third-order valence-electron chi connectivity index (χ3n) is 4.85. The van der Waals surface area contributed by atoms with Gasteiger partial charge in [-0.25, -0.2) is 9.97 Å². The summed E-state index contributed by atoms with van der Waals surface area (Å²) in [6.45, 7) is 5.76. The Kier molecular flexibility index (Phi) is 5.64. The minimum Gasteiger partial charge on any atom is -0.354 e. The van der Waals surface area contributed by atoms with Crippen molar-refractivity contribution < 1.29 is 4.79 Å². The number of carbonyl (C=O) groups excluding carboxylic acids is 1. The average molecular weight is 338 g/mol. The molecule has 1 aromatic carbocycles. The SMILES string of the molecule is CCC1CCCCN1c1cc(C(=O)NCc2ccc(C)cc2)ncn1. The molecule has 1 aliphatic heterocycles. The topological polar surface area (TPSA) is 58.1 Å². The number of hydrogen-bond acceptors (Lipinski definition) is 4. The fourth-order valence-electron chi connectivity index (χ4n) is 3.33. The Morgan fingerprint density at radius 2 is 2.04 bits per heavy atom. The molecule has 1 N–H and O–H groups in total. The molecule has 0 saturated carbocycles. The van der Waals surface area contributed by atoms with Gasteiger partial charge in [-0.1, -0.05) is 36.8 Å². The second kappa shape index (κ2) is 8.10. The summed E-state index contributed by atoms with van der Waals surface area (Å²) in [4.78, 5) is 23.3. The molecule has 1 aromatic heterocycles. The van der Waals surface area contributed by atoms with Crippen molar-refractivity contribution >= 4 is 11.7 Å². The summed E-state index contributed by atoms with van der Waals surface area (Å²) in [6, 6.07) is 10.5. The van der Waals surface area contributed by atoms with Crippen molar-refractivity contribution in [3.05, 3.63) is 53.5 Å². The molecule has 1 atom stereocenters. The Labute approximate surface area is 149 Å². The van der Waals surface area contributed by atoms with Gasteiger partial charge in [0.05, 0.1) is 0 Å². The van der Waals surface area contributed by atoms with Crippen molar-refractivity contribution in [1.29, 1.82) is 0 Å². The molecule has 1 fully saturated rings. The van der Waals surface area contributed by atoms with Crippen LogP contribution in [0.2, 0.25) is 0 Å². The number of rotatable bonds is 5. The van der Waals surface area contributed by atoms with E-state index in [1.165, 1.54) is 31.2 Å². The minimum atomic E-state index is -0.158. The fourth-order valence-corrected chi connectivity index (χ4v) is 3.33. The van der Waals surface area contributed by atoms with Gasteiger partial charge < -0.3 is 10.2 Å². The van der Waals surface area contributed by atoms with Gasteiger partial charge in [-0.3, -0.25) is 4.79 Å². The summed E-state index contributed by atoms with van der Waals surface area (Å²) in [5, 5.41) is 2.94. The number of aromatic nitrogens is 2. The van der Waals surface area contributed by atoms with Gasteiger partial charge in [0.15, 0.2) is 0 Å². The maximum absolute atomic E-state index is 12.5. The number of hydrogen-bond donors (Lipinski definition) is 1. The van der Waals surface area contributed by atoms with E-state index in [0.717, 1.165) is 24.3 Å². The predicted molar refractivity (Wildman–Crippen MR) is 99.7 cm³/mol. The van der Waals surface area contributed by atoms with Crippen LogP contribution in [-0.2, 0) is 6.54 Å². The zero-order valence-corrected chi connectivity index (χ0v) is 15.0. The van der Waals surface area contributed by atoms with Gasteiger partial charge in [-0.15, -0.1) is 0 Å². The number of aryl methyl sites for hydroxylation is 1. The average Bonchev–Trinajstić information content (AvgIpc) is 2.67. The van der Waals surface area contributed by atoms with E-state index in [1.54, 1.807) is 0 Å². The fraction of sp³-hybridized carbons (Fsp3) is 0.450. The van der Waals surface area contributed by atoms with Gasteiger partial charge in [0, 0.05) is 25.2 Å². The lowest BCUT2D eigenvalue weighted by Gasteiger charge is -2.36. The molecule has 5 nitrogen and oxygen atoms in total. The van der Waals surface area contributed by atoms with Crippen LogP contribution >= 0.6 is 0 Å². The monoisotopic (exact) mass is 338 g/mol. The van der Waals surface area contributed by atoms with Crippen LogP contribution in [0.3, 0.4) is 0 Å². The second-order valence-corrected chi connectivity index (χ2v) is 6.68. The lowest BCUT2D eigenvalue weighted by Crippen LogP contribution is -2.39. The molecule has 25 heavy (non-hydrogen) atoms. The third kappa shape index (κ3) is 4.35. The highest BCUT2D eigenvalue weighted by Gasteiger charge is 2.23. The van der Waals surface area contributed by atoms with Crippen molar-refractivity contribution in [3.8, 4) is 0 Å². The van der Waals surface area contributed by atoms with E-state index < -0.39 is 0 Å². The summed E-state index contributed by atoms with van der Waals surface area (Å²) in [5.74, 6) is 0.705. The maximum Gasteiger partial charge on any atom is 0.270 e. The Hall–Kier alpha value is -2.43. The second-order valence-electron chi connectivity index (χ2n) is 6.68. The molecule has 132 valence electrons. The van der Waals surface area contributed by atoms with Crippen molar-refractivity contribution in [2.45, 2.75) is 52.1 Å². The zero-order chi connectivity index (χ0) is 17.6. The first kappa shape index (κ1) is 17.4. The van der Waals surface area contributed by atoms with Crippen LogP contribution in [0.5, 0.6) is 0 Å². The van der Waals surface area contributed by atoms with Crippen molar-refractivity contribution in [2.75, 3.05) is 11.4 Å². The van der Waals surface area contributed by atoms with Crippen LogP contribution in [-0.4, -0.2) is 28.5 Å². The first-order chi connectivity index (χ1) is 12.2. The molecule has 1 saturated heterocycles. The van der Waals surface area contributed by atoms with E-state index in [1.807, 2.05) is 30.3 Å². The standard InChI is InChI=1S/C20H26N4O/c1-3-17-6-4-5-11-24(17)19-12-18(22-14-23-19)20(25)21-13-16-9-7-15(2)8-10-16/h7-10,12,14,17H,3-6,11,13H2,1-2H3,(H,21,25). The third-order valence-corrected chi connectivity index (χ3v) is 4.85. The number of benzene rings is 1. The molecule has 2 heterocycles. The largest absolute Gasteiger partial charge is 0.354 e. The number of piperidine rings is 1. The van der Waals surface area contributed by atoms with Crippen LogP contribution in [0, 0.1) is 6.92 Å². The summed E-state index contributed by atoms with van der Waals surface area (Å²) < 4.78 is 0. The van der Waals surface area contributed by atoms with E-state index >= 15 is 0 Å². The molecule has 5 heteroatoms. The molecule has 0 aliphatic carbocycles.